The van der Waals surface area contributed by atoms with Crippen molar-refractivity contribution in [3.63, 3.8) is 0 Å². The maximum Gasteiger partial charge on any atom is 0.0672 e. The third kappa shape index (κ3) is 2.35. The Balaban J connectivity index is 1.83. The largest absolute Gasteiger partial charge is 0.397 e. The molecule has 96 valence electrons. The van der Waals surface area contributed by atoms with Crippen molar-refractivity contribution in [3.8, 4) is 0 Å². The van der Waals surface area contributed by atoms with Crippen molar-refractivity contribution < 1.29 is 0 Å². The van der Waals surface area contributed by atoms with Crippen LogP contribution in [0.4, 0.5) is 11.4 Å². The smallest absolute Gasteiger partial charge is 0.0672 e. The van der Waals surface area contributed by atoms with Crippen LogP contribution in [0.3, 0.4) is 0 Å². The molecule has 3 rings (SSSR count). The minimum Gasteiger partial charge on any atom is -0.397 e. The average molecular weight is 253 g/mol. The van der Waals surface area contributed by atoms with Crippen molar-refractivity contribution in [2.24, 2.45) is 0 Å². The number of nitrogens with two attached hydrogens (primary N) is 1. The van der Waals surface area contributed by atoms with E-state index in [0.29, 0.717) is 12.2 Å². The number of aryl methyl sites for hydroxylation is 1. The highest BCUT2D eigenvalue weighted by Gasteiger charge is 2.04. The monoisotopic (exact) mass is 253 g/mol. The van der Waals surface area contributed by atoms with Crippen LogP contribution in [0.15, 0.2) is 36.5 Å². The Hall–Kier alpha value is -2.56. The SMILES string of the molecule is Cc1cccc(CNc2cc3[nH]ncc3cc2N)n1. The molecular formula is C14H15N5. The van der Waals surface area contributed by atoms with E-state index in [-0.39, 0.29) is 0 Å². The molecule has 19 heavy (non-hydrogen) atoms. The fourth-order valence-electron chi connectivity index (χ4n) is 2.05. The molecule has 0 unspecified atom stereocenters. The maximum atomic E-state index is 6.02. The molecule has 4 N–H and O–H groups in total. The van der Waals surface area contributed by atoms with Gasteiger partial charge in [0, 0.05) is 11.1 Å². The van der Waals surface area contributed by atoms with E-state index in [2.05, 4.69) is 20.5 Å². The zero-order valence-electron chi connectivity index (χ0n) is 10.6. The molecule has 0 aliphatic rings. The van der Waals surface area contributed by atoms with Gasteiger partial charge in [-0.25, -0.2) is 0 Å². The molecule has 5 nitrogen and oxygen atoms in total. The first-order valence-corrected chi connectivity index (χ1v) is 6.11. The minimum absolute atomic E-state index is 0.644. The number of aromatic nitrogens is 3. The van der Waals surface area contributed by atoms with Crippen LogP contribution in [0.25, 0.3) is 10.9 Å². The van der Waals surface area contributed by atoms with Gasteiger partial charge in [-0.3, -0.25) is 10.1 Å². The number of nitrogens with zero attached hydrogens (tertiary/aromatic N) is 2. The van der Waals surface area contributed by atoms with Gasteiger partial charge in [0.15, 0.2) is 0 Å². The number of H-pyrrole nitrogens is 1. The number of rotatable bonds is 3. The van der Waals surface area contributed by atoms with E-state index in [1.165, 1.54) is 0 Å². The summed E-state index contributed by atoms with van der Waals surface area (Å²) in [4.78, 5) is 4.45. The van der Waals surface area contributed by atoms with Crippen molar-refractivity contribution in [2.45, 2.75) is 13.5 Å². The van der Waals surface area contributed by atoms with Crippen LogP contribution in [0, 0.1) is 6.92 Å². The first-order valence-electron chi connectivity index (χ1n) is 6.11. The Morgan fingerprint density at radius 1 is 1.32 bits per heavy atom. The van der Waals surface area contributed by atoms with Crippen molar-refractivity contribution in [2.75, 3.05) is 11.1 Å². The lowest BCUT2D eigenvalue weighted by Crippen LogP contribution is -2.04. The second kappa shape index (κ2) is 4.61. The second-order valence-electron chi connectivity index (χ2n) is 4.52. The molecule has 0 saturated carbocycles. The summed E-state index contributed by atoms with van der Waals surface area (Å²) < 4.78 is 0. The van der Waals surface area contributed by atoms with Crippen LogP contribution in [0.1, 0.15) is 11.4 Å². The van der Waals surface area contributed by atoms with Gasteiger partial charge in [0.1, 0.15) is 0 Å². The van der Waals surface area contributed by atoms with Crippen molar-refractivity contribution in [3.05, 3.63) is 47.9 Å². The molecule has 5 heteroatoms. The van der Waals surface area contributed by atoms with Crippen LogP contribution in [-0.2, 0) is 6.54 Å². The molecule has 2 aromatic heterocycles. The molecule has 0 fully saturated rings. The van der Waals surface area contributed by atoms with E-state index in [0.717, 1.165) is 28.0 Å². The van der Waals surface area contributed by atoms with Crippen LogP contribution >= 0.6 is 0 Å². The van der Waals surface area contributed by atoms with Gasteiger partial charge in [-0.2, -0.15) is 5.10 Å². The first kappa shape index (κ1) is 11.5. The molecule has 0 aliphatic heterocycles. The highest BCUT2D eigenvalue weighted by molar-refractivity contribution is 5.88. The molecule has 3 aromatic rings. The summed E-state index contributed by atoms with van der Waals surface area (Å²) in [7, 11) is 0. The van der Waals surface area contributed by atoms with Gasteiger partial charge in [0.2, 0.25) is 0 Å². The summed E-state index contributed by atoms with van der Waals surface area (Å²) in [6.07, 6.45) is 1.76. The summed E-state index contributed by atoms with van der Waals surface area (Å²) in [5.41, 5.74) is 10.6. The molecule has 1 aromatic carbocycles. The summed E-state index contributed by atoms with van der Waals surface area (Å²) in [5, 5.41) is 11.2. The fraction of sp³-hybridized carbons (Fsp3) is 0.143. The molecular weight excluding hydrogens is 238 g/mol. The first-order chi connectivity index (χ1) is 9.22. The van der Waals surface area contributed by atoms with Gasteiger partial charge in [-0.05, 0) is 31.2 Å². The lowest BCUT2D eigenvalue weighted by molar-refractivity contribution is 1.02. The van der Waals surface area contributed by atoms with Gasteiger partial charge >= 0.3 is 0 Å². The van der Waals surface area contributed by atoms with Crippen molar-refractivity contribution in [1.82, 2.24) is 15.2 Å². The predicted octanol–water partition coefficient (Wildman–Crippen LogP) is 2.46. The summed E-state index contributed by atoms with van der Waals surface area (Å²) >= 11 is 0. The van der Waals surface area contributed by atoms with E-state index < -0.39 is 0 Å². The second-order valence-corrected chi connectivity index (χ2v) is 4.52. The number of nitrogens with one attached hydrogen (secondary N) is 2. The molecule has 0 bridgehead atoms. The number of nitrogen functional groups attached to an aromatic ring is 1. The van der Waals surface area contributed by atoms with Gasteiger partial charge in [-0.1, -0.05) is 6.07 Å². The average Bonchev–Trinajstić information content (AvgIpc) is 2.83. The summed E-state index contributed by atoms with van der Waals surface area (Å²) in [6.45, 7) is 2.63. The highest BCUT2D eigenvalue weighted by atomic mass is 15.1. The number of anilines is 2. The number of pyridine rings is 1. The Morgan fingerprint density at radius 3 is 3.05 bits per heavy atom. The van der Waals surface area contributed by atoms with E-state index in [1.54, 1.807) is 6.20 Å². The predicted molar refractivity (Wildman–Crippen MR) is 76.8 cm³/mol. The summed E-state index contributed by atoms with van der Waals surface area (Å²) in [6, 6.07) is 9.85. The van der Waals surface area contributed by atoms with Crippen LogP contribution < -0.4 is 11.1 Å². The number of hydrogen-bond acceptors (Lipinski definition) is 4. The maximum absolute atomic E-state index is 6.02. The number of aromatic amines is 1. The number of hydrogen-bond donors (Lipinski definition) is 3. The van der Waals surface area contributed by atoms with E-state index >= 15 is 0 Å². The molecule has 0 saturated heterocycles. The van der Waals surface area contributed by atoms with Crippen LogP contribution in [0.5, 0.6) is 0 Å². The third-order valence-corrected chi connectivity index (χ3v) is 3.02. The Labute approximate surface area is 110 Å². The highest BCUT2D eigenvalue weighted by Crippen LogP contribution is 2.24. The Morgan fingerprint density at radius 2 is 2.21 bits per heavy atom. The van der Waals surface area contributed by atoms with E-state index in [9.17, 15) is 0 Å². The quantitative estimate of drug-likeness (QED) is 0.626. The fourth-order valence-corrected chi connectivity index (χ4v) is 2.05. The van der Waals surface area contributed by atoms with E-state index in [4.69, 9.17) is 5.73 Å². The standard InChI is InChI=1S/C14H15N5/c1-9-3-2-4-11(18-9)8-16-14-6-13-10(5-12(14)15)7-17-19-13/h2-7,16H,8,15H2,1H3,(H,17,19). The minimum atomic E-state index is 0.644. The molecule has 0 radical (unpaired) electrons. The Kier molecular flexibility index (Phi) is 2.79. The number of fused-ring (bicyclic) bond motifs is 1. The van der Waals surface area contributed by atoms with Crippen LogP contribution in [-0.4, -0.2) is 15.2 Å². The lowest BCUT2D eigenvalue weighted by Gasteiger charge is -2.09. The van der Waals surface area contributed by atoms with Gasteiger partial charge in [0.25, 0.3) is 0 Å². The van der Waals surface area contributed by atoms with Gasteiger partial charge in [-0.15, -0.1) is 0 Å². The Bertz CT molecular complexity index is 717. The zero-order valence-corrected chi connectivity index (χ0v) is 10.6. The van der Waals surface area contributed by atoms with Crippen molar-refractivity contribution in [1.29, 1.82) is 0 Å². The zero-order chi connectivity index (χ0) is 13.2. The molecule has 0 amide bonds. The molecule has 2 heterocycles. The summed E-state index contributed by atoms with van der Waals surface area (Å²) in [5.74, 6) is 0. The molecule has 0 aliphatic carbocycles. The third-order valence-electron chi connectivity index (χ3n) is 3.02. The topological polar surface area (TPSA) is 79.6 Å². The van der Waals surface area contributed by atoms with Gasteiger partial charge in [0.05, 0.1) is 35.3 Å². The lowest BCUT2D eigenvalue weighted by atomic mass is 10.2. The molecule has 0 atom stereocenters. The number of benzene rings is 1. The molecule has 0 spiro atoms. The van der Waals surface area contributed by atoms with Crippen molar-refractivity contribution >= 4 is 22.3 Å². The normalized spacial score (nSPS) is 10.8. The van der Waals surface area contributed by atoms with Gasteiger partial charge < -0.3 is 11.1 Å². The van der Waals surface area contributed by atoms with Crippen LogP contribution in [0.2, 0.25) is 0 Å². The van der Waals surface area contributed by atoms with E-state index in [1.807, 2.05) is 37.3 Å².